The first-order valence-corrected chi connectivity index (χ1v) is 23.5. The fraction of sp³-hybridized carbons (Fsp3) is 0.415. The third-order valence-electron chi connectivity index (χ3n) is 11.7. The fourth-order valence-electron chi connectivity index (χ4n) is 8.35. The van der Waals surface area contributed by atoms with Gasteiger partial charge in [-0.15, -0.1) is 0 Å². The third-order valence-corrected chi connectivity index (χ3v) is 12.1. The highest BCUT2D eigenvalue weighted by atomic mass is 32.1. The number of fused-ring (bicyclic) bond motifs is 2. The van der Waals surface area contributed by atoms with Gasteiger partial charge in [0.25, 0.3) is 0 Å². The van der Waals surface area contributed by atoms with Crippen LogP contribution in [0.5, 0.6) is 0 Å². The standard InChI is InChI=1S/C53H68N6O5S/c1-35(2)29-46(48(60)33-49(61)57-47(30-36(3)4)51(63)56-34-37-17-7-6-8-18-37)59-52(64)45(27-13-14-28-55-53(65)54-5)58-50(62)42(31-40-23-15-21-38-19-9-11-25-43(38)40)32-41-24-16-22-39-20-10-12-26-44(39)41/h6-12,15-26,35-36,42,45-48,60H,13-14,27-34H2,1-5H3,(H,56,63)(H,57,61)(H,58,62)(H,59,64)(H2,54,55,65)/t45-,46-,47-,48-/m0/s1. The molecule has 11 nitrogen and oxygen atoms in total. The van der Waals surface area contributed by atoms with E-state index in [0.29, 0.717) is 63.1 Å². The van der Waals surface area contributed by atoms with Gasteiger partial charge >= 0.3 is 0 Å². The van der Waals surface area contributed by atoms with Crippen molar-refractivity contribution >= 4 is 62.5 Å². The number of aliphatic hydroxyl groups excluding tert-OH is 1. The van der Waals surface area contributed by atoms with E-state index in [0.717, 1.165) is 38.2 Å². The number of unbranched alkanes of at least 4 members (excludes halogenated alkanes) is 1. The number of benzene rings is 5. The fourth-order valence-corrected chi connectivity index (χ4v) is 8.45. The molecule has 4 atom stereocenters. The largest absolute Gasteiger partial charge is 0.390 e. The molecular formula is C53H68N6O5S. The Bertz CT molecular complexity index is 2250. The molecule has 0 unspecified atom stereocenters. The van der Waals surface area contributed by atoms with Crippen LogP contribution in [0.15, 0.2) is 115 Å². The smallest absolute Gasteiger partial charge is 0.242 e. The minimum Gasteiger partial charge on any atom is -0.390 e. The highest BCUT2D eigenvalue weighted by Gasteiger charge is 2.32. The van der Waals surface area contributed by atoms with Crippen LogP contribution in [-0.2, 0) is 38.6 Å². The molecule has 0 aliphatic rings. The van der Waals surface area contributed by atoms with Crippen molar-refractivity contribution in [2.45, 2.75) is 110 Å². The molecule has 65 heavy (non-hydrogen) atoms. The topological polar surface area (TPSA) is 161 Å². The van der Waals surface area contributed by atoms with Crippen molar-refractivity contribution in [2.75, 3.05) is 13.6 Å². The lowest BCUT2D eigenvalue weighted by Crippen LogP contribution is -2.55. The molecule has 4 amide bonds. The van der Waals surface area contributed by atoms with Crippen LogP contribution >= 0.6 is 12.2 Å². The summed E-state index contributed by atoms with van der Waals surface area (Å²) in [6, 6.07) is 35.6. The van der Waals surface area contributed by atoms with Crippen LogP contribution in [0.25, 0.3) is 21.5 Å². The highest BCUT2D eigenvalue weighted by Crippen LogP contribution is 2.27. The molecule has 5 rings (SSSR count). The van der Waals surface area contributed by atoms with Crippen LogP contribution < -0.4 is 31.9 Å². The SMILES string of the molecule is CNC(=S)NCCCC[C@H](NC(=O)C(Cc1cccc2ccccc12)Cc1cccc2ccccc12)C(=O)N[C@@H](CC(C)C)[C@@H](O)CC(=O)N[C@@H](CC(C)C)C(=O)NCc1ccccc1. The van der Waals surface area contributed by atoms with Gasteiger partial charge in [-0.2, -0.15) is 0 Å². The number of rotatable bonds is 24. The van der Waals surface area contributed by atoms with Crippen LogP contribution in [0.1, 0.15) is 82.9 Å². The van der Waals surface area contributed by atoms with Crippen LogP contribution in [-0.4, -0.2) is 71.7 Å². The minimum absolute atomic E-state index is 0.0522. The predicted octanol–water partition coefficient (Wildman–Crippen LogP) is 7.27. The van der Waals surface area contributed by atoms with Gasteiger partial charge in [-0.1, -0.05) is 143 Å². The number of aliphatic hydroxyl groups is 1. The molecule has 12 heteroatoms. The van der Waals surface area contributed by atoms with E-state index >= 15 is 0 Å². The molecule has 0 aromatic heterocycles. The van der Waals surface area contributed by atoms with E-state index in [1.807, 2.05) is 94.4 Å². The van der Waals surface area contributed by atoms with Gasteiger partial charge in [0.15, 0.2) is 5.11 Å². The van der Waals surface area contributed by atoms with E-state index < -0.39 is 42.0 Å². The molecule has 0 aliphatic heterocycles. The first-order chi connectivity index (χ1) is 31.3. The maximum absolute atomic E-state index is 14.8. The second-order valence-electron chi connectivity index (χ2n) is 17.9. The van der Waals surface area contributed by atoms with Crippen LogP contribution in [0.3, 0.4) is 0 Å². The second kappa shape index (κ2) is 25.6. The summed E-state index contributed by atoms with van der Waals surface area (Å²) < 4.78 is 0. The Morgan fingerprint density at radius 1 is 0.600 bits per heavy atom. The van der Waals surface area contributed by atoms with Gasteiger partial charge in [0.05, 0.1) is 18.6 Å². The van der Waals surface area contributed by atoms with E-state index in [1.54, 1.807) is 7.05 Å². The lowest BCUT2D eigenvalue weighted by molar-refractivity contribution is -0.133. The average Bonchev–Trinajstić information content (AvgIpc) is 3.29. The van der Waals surface area contributed by atoms with Gasteiger partial charge < -0.3 is 37.0 Å². The van der Waals surface area contributed by atoms with Crippen LogP contribution in [0.2, 0.25) is 0 Å². The molecule has 0 bridgehead atoms. The summed E-state index contributed by atoms with van der Waals surface area (Å²) in [7, 11) is 1.75. The summed E-state index contributed by atoms with van der Waals surface area (Å²) in [5.74, 6) is -1.85. The Hall–Kier alpha value is -5.85. The van der Waals surface area contributed by atoms with Gasteiger partial charge in [-0.3, -0.25) is 19.2 Å². The Labute approximate surface area is 390 Å². The van der Waals surface area contributed by atoms with Crippen molar-refractivity contribution in [1.82, 2.24) is 31.9 Å². The maximum atomic E-state index is 14.8. The lowest BCUT2D eigenvalue weighted by atomic mass is 9.87. The molecule has 5 aromatic rings. The second-order valence-corrected chi connectivity index (χ2v) is 18.3. The number of carbonyl (C=O) groups excluding carboxylic acids is 4. The zero-order chi connectivity index (χ0) is 46.7. The van der Waals surface area contributed by atoms with E-state index in [4.69, 9.17) is 12.2 Å². The lowest BCUT2D eigenvalue weighted by Gasteiger charge is -2.29. The molecule has 5 aromatic carbocycles. The molecule has 346 valence electrons. The minimum atomic E-state index is -1.26. The van der Waals surface area contributed by atoms with E-state index in [2.05, 4.69) is 80.4 Å². The van der Waals surface area contributed by atoms with E-state index in [9.17, 15) is 24.3 Å². The monoisotopic (exact) mass is 900 g/mol. The van der Waals surface area contributed by atoms with E-state index in [1.165, 1.54) is 0 Å². The Kier molecular flexibility index (Phi) is 19.7. The van der Waals surface area contributed by atoms with Crippen molar-refractivity contribution in [3.05, 3.63) is 132 Å². The summed E-state index contributed by atoms with van der Waals surface area (Å²) in [6.45, 7) is 8.82. The molecule has 0 saturated heterocycles. The quantitative estimate of drug-likeness (QED) is 0.0252. The summed E-state index contributed by atoms with van der Waals surface area (Å²) in [5, 5.41) is 34.5. The molecule has 0 heterocycles. The zero-order valence-electron chi connectivity index (χ0n) is 38.6. The number of hydrogen-bond donors (Lipinski definition) is 7. The van der Waals surface area contributed by atoms with Crippen molar-refractivity contribution in [3.8, 4) is 0 Å². The molecule has 0 spiro atoms. The average molecular weight is 901 g/mol. The third kappa shape index (κ3) is 16.0. The Morgan fingerprint density at radius 3 is 1.75 bits per heavy atom. The maximum Gasteiger partial charge on any atom is 0.242 e. The summed E-state index contributed by atoms with van der Waals surface area (Å²) in [5.41, 5.74) is 3.02. The molecule has 0 saturated carbocycles. The first kappa shape index (κ1) is 50.2. The molecule has 0 radical (unpaired) electrons. The van der Waals surface area contributed by atoms with Gasteiger partial charge in [-0.25, -0.2) is 0 Å². The van der Waals surface area contributed by atoms with Crippen molar-refractivity contribution in [1.29, 1.82) is 0 Å². The van der Waals surface area contributed by atoms with Crippen molar-refractivity contribution in [3.63, 3.8) is 0 Å². The Morgan fingerprint density at radius 2 is 1.17 bits per heavy atom. The number of thiocarbonyl (C=S) groups is 1. The first-order valence-electron chi connectivity index (χ1n) is 23.1. The molecule has 7 N–H and O–H groups in total. The van der Waals surface area contributed by atoms with Gasteiger partial charge in [0, 0.05) is 26.1 Å². The summed E-state index contributed by atoms with van der Waals surface area (Å²) in [4.78, 5) is 56.2. The number of carbonyl (C=O) groups is 4. The summed E-state index contributed by atoms with van der Waals surface area (Å²) in [6.07, 6.45) is 1.71. The van der Waals surface area contributed by atoms with Gasteiger partial charge in [-0.05, 0) is 107 Å². The van der Waals surface area contributed by atoms with Gasteiger partial charge in [0.2, 0.25) is 23.6 Å². The van der Waals surface area contributed by atoms with Crippen LogP contribution in [0, 0.1) is 17.8 Å². The van der Waals surface area contributed by atoms with Crippen LogP contribution in [0.4, 0.5) is 0 Å². The number of nitrogens with one attached hydrogen (secondary N) is 6. The Balaban J connectivity index is 1.35. The van der Waals surface area contributed by atoms with Crippen molar-refractivity contribution in [2.24, 2.45) is 17.8 Å². The normalized spacial score (nSPS) is 13.2. The zero-order valence-corrected chi connectivity index (χ0v) is 39.4. The summed E-state index contributed by atoms with van der Waals surface area (Å²) >= 11 is 5.25. The van der Waals surface area contributed by atoms with Crippen molar-refractivity contribution < 1.29 is 24.3 Å². The molecule has 0 aliphatic carbocycles. The highest BCUT2D eigenvalue weighted by molar-refractivity contribution is 7.80. The molecule has 0 fully saturated rings. The predicted molar refractivity (Wildman–Crippen MR) is 266 cm³/mol. The van der Waals surface area contributed by atoms with E-state index in [-0.39, 0.29) is 30.1 Å². The van der Waals surface area contributed by atoms with Gasteiger partial charge in [0.1, 0.15) is 12.1 Å². The molecular weight excluding hydrogens is 833 g/mol. The number of amides is 4. The number of hydrogen-bond acceptors (Lipinski definition) is 6.